The van der Waals surface area contributed by atoms with Crippen LogP contribution >= 0.6 is 11.6 Å². The highest BCUT2D eigenvalue weighted by molar-refractivity contribution is 6.31. The Morgan fingerprint density at radius 2 is 1.83 bits per heavy atom. The average molecular weight is 330 g/mol. The number of nitrogens with two attached hydrogens (primary N) is 1. The van der Waals surface area contributed by atoms with E-state index in [9.17, 15) is 9.59 Å². The van der Waals surface area contributed by atoms with Crippen LogP contribution in [0.15, 0.2) is 41.5 Å². The van der Waals surface area contributed by atoms with Crippen LogP contribution in [0.2, 0.25) is 5.02 Å². The molecule has 3 N–H and O–H groups in total. The maximum atomic E-state index is 12.1. The minimum atomic E-state index is -0.704. The van der Waals surface area contributed by atoms with Crippen LogP contribution in [0.25, 0.3) is 0 Å². The van der Waals surface area contributed by atoms with Gasteiger partial charge in [0.1, 0.15) is 0 Å². The van der Waals surface area contributed by atoms with Crippen LogP contribution < -0.4 is 11.2 Å². The van der Waals surface area contributed by atoms with Crippen molar-refractivity contribution >= 4 is 29.6 Å². The predicted octanol–water partition coefficient (Wildman–Crippen LogP) is 2.82. The molecule has 2 aromatic rings. The summed E-state index contributed by atoms with van der Waals surface area (Å²) >= 11 is 5.86. The highest BCUT2D eigenvalue weighted by Crippen LogP contribution is 2.16. The SMILES string of the molecule is Cc1ccc(C=NNC(=O)c2cc(Cl)ccc2C(N)=O)cc1C. The molecule has 2 amide bonds. The number of halogens is 1. The zero-order chi connectivity index (χ0) is 17.0. The first kappa shape index (κ1) is 16.7. The minimum Gasteiger partial charge on any atom is -0.366 e. The first-order valence-electron chi connectivity index (χ1n) is 6.88. The molecular weight excluding hydrogens is 314 g/mol. The van der Waals surface area contributed by atoms with Crippen molar-refractivity contribution in [1.82, 2.24) is 5.43 Å². The number of carbonyl (C=O) groups excluding carboxylic acids is 2. The Kier molecular flexibility index (Phi) is 5.13. The topological polar surface area (TPSA) is 84.6 Å². The highest BCUT2D eigenvalue weighted by Gasteiger charge is 2.15. The Labute approximate surface area is 139 Å². The van der Waals surface area contributed by atoms with Crippen molar-refractivity contribution in [2.24, 2.45) is 10.8 Å². The summed E-state index contributed by atoms with van der Waals surface area (Å²) in [6, 6.07) is 10.1. The standard InChI is InChI=1S/C17H16ClN3O2/c1-10-3-4-12(7-11(10)2)9-20-21-17(23)15-8-13(18)5-6-14(15)16(19)22/h3-9H,1-2H3,(H2,19,22)(H,21,23). The summed E-state index contributed by atoms with van der Waals surface area (Å²) in [5.74, 6) is -1.26. The van der Waals surface area contributed by atoms with Crippen LogP contribution in [0.1, 0.15) is 37.4 Å². The molecule has 0 aliphatic heterocycles. The van der Waals surface area contributed by atoms with Crippen molar-refractivity contribution in [2.45, 2.75) is 13.8 Å². The fraction of sp³-hybridized carbons (Fsp3) is 0.118. The summed E-state index contributed by atoms with van der Waals surface area (Å²) in [7, 11) is 0. The van der Waals surface area contributed by atoms with Gasteiger partial charge < -0.3 is 5.73 Å². The number of amides is 2. The lowest BCUT2D eigenvalue weighted by molar-refractivity contribution is 0.0937. The maximum Gasteiger partial charge on any atom is 0.272 e. The molecule has 0 spiro atoms. The van der Waals surface area contributed by atoms with E-state index >= 15 is 0 Å². The molecule has 118 valence electrons. The number of hydrogen-bond donors (Lipinski definition) is 2. The van der Waals surface area contributed by atoms with E-state index in [1.54, 1.807) is 0 Å². The van der Waals surface area contributed by atoms with Gasteiger partial charge >= 0.3 is 0 Å². The van der Waals surface area contributed by atoms with Gasteiger partial charge in [-0.2, -0.15) is 5.10 Å². The normalized spacial score (nSPS) is 10.7. The first-order valence-corrected chi connectivity index (χ1v) is 7.26. The molecule has 2 aromatic carbocycles. The average Bonchev–Trinajstić information content (AvgIpc) is 2.50. The number of hydrazone groups is 1. The summed E-state index contributed by atoms with van der Waals surface area (Å²) in [6.45, 7) is 4.01. The summed E-state index contributed by atoms with van der Waals surface area (Å²) in [4.78, 5) is 23.5. The zero-order valence-corrected chi connectivity index (χ0v) is 13.5. The Balaban J connectivity index is 2.16. The third-order valence-electron chi connectivity index (χ3n) is 3.40. The van der Waals surface area contributed by atoms with Gasteiger partial charge in [-0.25, -0.2) is 5.43 Å². The summed E-state index contributed by atoms with van der Waals surface area (Å²) in [5, 5.41) is 4.23. The van der Waals surface area contributed by atoms with Gasteiger partial charge in [0.25, 0.3) is 5.91 Å². The zero-order valence-electron chi connectivity index (χ0n) is 12.8. The van der Waals surface area contributed by atoms with Crippen LogP contribution in [-0.4, -0.2) is 18.0 Å². The molecule has 0 saturated carbocycles. The number of primary amides is 1. The molecule has 0 aliphatic rings. The van der Waals surface area contributed by atoms with Crippen molar-refractivity contribution < 1.29 is 9.59 Å². The molecule has 0 atom stereocenters. The fourth-order valence-corrected chi connectivity index (χ4v) is 2.16. The molecule has 0 aliphatic carbocycles. The molecular formula is C17H16ClN3O2. The van der Waals surface area contributed by atoms with E-state index in [-0.39, 0.29) is 11.1 Å². The second-order valence-electron chi connectivity index (χ2n) is 5.10. The molecule has 0 aromatic heterocycles. The van der Waals surface area contributed by atoms with Crippen molar-refractivity contribution in [2.75, 3.05) is 0 Å². The van der Waals surface area contributed by atoms with Gasteiger partial charge in [-0.1, -0.05) is 29.8 Å². The van der Waals surface area contributed by atoms with E-state index in [0.29, 0.717) is 5.02 Å². The lowest BCUT2D eigenvalue weighted by Gasteiger charge is -2.06. The van der Waals surface area contributed by atoms with E-state index in [0.717, 1.165) is 11.1 Å². The Hall–Kier alpha value is -2.66. The van der Waals surface area contributed by atoms with Crippen molar-refractivity contribution in [3.05, 3.63) is 69.2 Å². The lowest BCUT2D eigenvalue weighted by atomic mass is 10.1. The number of benzene rings is 2. The molecule has 5 nitrogen and oxygen atoms in total. The second-order valence-corrected chi connectivity index (χ2v) is 5.53. The molecule has 0 bridgehead atoms. The second kappa shape index (κ2) is 7.07. The molecule has 23 heavy (non-hydrogen) atoms. The molecule has 0 heterocycles. The quantitative estimate of drug-likeness (QED) is 0.667. The van der Waals surface area contributed by atoms with E-state index in [4.69, 9.17) is 17.3 Å². The van der Waals surface area contributed by atoms with Crippen molar-refractivity contribution in [1.29, 1.82) is 0 Å². The van der Waals surface area contributed by atoms with Gasteiger partial charge in [-0.3, -0.25) is 9.59 Å². The molecule has 0 saturated heterocycles. The van der Waals surface area contributed by atoms with Gasteiger partial charge in [0.2, 0.25) is 5.91 Å². The van der Waals surface area contributed by atoms with Crippen molar-refractivity contribution in [3.8, 4) is 0 Å². The molecule has 0 unspecified atom stereocenters. The van der Waals surface area contributed by atoms with Crippen LogP contribution in [0, 0.1) is 13.8 Å². The number of carbonyl (C=O) groups is 2. The summed E-state index contributed by atoms with van der Waals surface area (Å²) in [6.07, 6.45) is 1.53. The van der Waals surface area contributed by atoms with Crippen LogP contribution in [0.3, 0.4) is 0 Å². The molecule has 0 fully saturated rings. The molecule has 2 rings (SSSR count). The van der Waals surface area contributed by atoms with Crippen LogP contribution in [-0.2, 0) is 0 Å². The number of nitrogens with one attached hydrogen (secondary N) is 1. The van der Waals surface area contributed by atoms with Gasteiger partial charge in [0.05, 0.1) is 17.3 Å². The van der Waals surface area contributed by atoms with Gasteiger partial charge in [0, 0.05) is 5.02 Å². The largest absolute Gasteiger partial charge is 0.366 e. The van der Waals surface area contributed by atoms with Gasteiger partial charge in [-0.15, -0.1) is 0 Å². The number of nitrogens with zero attached hydrogens (tertiary/aromatic N) is 1. The number of rotatable bonds is 4. The van der Waals surface area contributed by atoms with E-state index in [1.807, 2.05) is 32.0 Å². The van der Waals surface area contributed by atoms with E-state index in [2.05, 4.69) is 10.5 Å². The smallest absolute Gasteiger partial charge is 0.272 e. The monoisotopic (exact) mass is 329 g/mol. The molecule has 6 heteroatoms. The lowest BCUT2D eigenvalue weighted by Crippen LogP contribution is -2.23. The van der Waals surface area contributed by atoms with Gasteiger partial charge in [0.15, 0.2) is 0 Å². The Morgan fingerprint density at radius 3 is 2.48 bits per heavy atom. The van der Waals surface area contributed by atoms with Gasteiger partial charge in [-0.05, 0) is 48.7 Å². The molecule has 0 radical (unpaired) electrons. The third kappa shape index (κ3) is 4.17. The van der Waals surface area contributed by atoms with Crippen molar-refractivity contribution in [3.63, 3.8) is 0 Å². The Bertz CT molecular complexity index is 800. The number of aryl methyl sites for hydroxylation is 2. The van der Waals surface area contributed by atoms with E-state index < -0.39 is 11.8 Å². The number of hydrogen-bond acceptors (Lipinski definition) is 3. The first-order chi connectivity index (χ1) is 10.9. The maximum absolute atomic E-state index is 12.1. The fourth-order valence-electron chi connectivity index (χ4n) is 1.99. The third-order valence-corrected chi connectivity index (χ3v) is 3.64. The Morgan fingerprint density at radius 1 is 1.09 bits per heavy atom. The highest BCUT2D eigenvalue weighted by atomic mass is 35.5. The predicted molar refractivity (Wildman–Crippen MR) is 90.9 cm³/mol. The van der Waals surface area contributed by atoms with E-state index in [1.165, 1.54) is 30.0 Å². The summed E-state index contributed by atoms with van der Waals surface area (Å²) in [5.41, 5.74) is 11.0. The van der Waals surface area contributed by atoms with Crippen LogP contribution in [0.4, 0.5) is 0 Å². The minimum absolute atomic E-state index is 0.0854. The van der Waals surface area contributed by atoms with Crippen LogP contribution in [0.5, 0.6) is 0 Å². The summed E-state index contributed by atoms with van der Waals surface area (Å²) < 4.78 is 0.